The fourth-order valence-corrected chi connectivity index (χ4v) is 4.69. The summed E-state index contributed by atoms with van der Waals surface area (Å²) < 4.78 is 0. The molecule has 0 bridgehead atoms. The summed E-state index contributed by atoms with van der Waals surface area (Å²) >= 11 is 0. The number of nitrogens with one attached hydrogen (secondary N) is 1. The van der Waals surface area contributed by atoms with Crippen molar-refractivity contribution in [2.75, 3.05) is 0 Å². The second-order valence-corrected chi connectivity index (χ2v) is 9.10. The van der Waals surface area contributed by atoms with Crippen molar-refractivity contribution >= 4 is 40.2 Å². The summed E-state index contributed by atoms with van der Waals surface area (Å²) in [5.41, 5.74) is 7.42. The highest BCUT2D eigenvalue weighted by Crippen LogP contribution is 2.30. The third-order valence-electron chi connectivity index (χ3n) is 6.61. The summed E-state index contributed by atoms with van der Waals surface area (Å²) in [6, 6.07) is 43.4. The third kappa shape index (κ3) is 4.80. The number of hydrogen-bond donors (Lipinski definition) is 1. The third-order valence-corrected chi connectivity index (χ3v) is 6.61. The monoisotopic (exact) mass is 490 g/mol. The Morgan fingerprint density at radius 2 is 1.26 bits per heavy atom. The van der Waals surface area contributed by atoms with Crippen LogP contribution in [-0.2, 0) is 6.54 Å². The molecule has 0 fully saturated rings. The average Bonchev–Trinajstić information content (AvgIpc) is 3.36. The largest absolute Gasteiger partial charge is 0.354 e. The van der Waals surface area contributed by atoms with E-state index in [9.17, 15) is 0 Å². The molecule has 0 spiro atoms. The van der Waals surface area contributed by atoms with Crippen LogP contribution < -0.4 is 0 Å². The van der Waals surface area contributed by atoms with Crippen LogP contribution in [-0.4, -0.2) is 23.4 Å². The fourth-order valence-electron chi connectivity index (χ4n) is 4.69. The van der Waals surface area contributed by atoms with Crippen LogP contribution in [0.3, 0.4) is 0 Å². The molecule has 0 radical (unpaired) electrons. The Balaban J connectivity index is 1.42. The smallest absolute Gasteiger partial charge is 0.161 e. The highest BCUT2D eigenvalue weighted by atomic mass is 15.0. The van der Waals surface area contributed by atoms with Crippen molar-refractivity contribution in [2.45, 2.75) is 6.54 Å². The topological polar surface area (TPSA) is 52.9 Å². The van der Waals surface area contributed by atoms with Crippen LogP contribution in [0.25, 0.3) is 32.9 Å². The van der Waals surface area contributed by atoms with Gasteiger partial charge in [-0.15, -0.1) is 0 Å². The Kier molecular flexibility index (Phi) is 6.44. The van der Waals surface area contributed by atoms with Gasteiger partial charge in [-0.25, -0.2) is 9.98 Å². The van der Waals surface area contributed by atoms with E-state index in [1.165, 1.54) is 10.8 Å². The van der Waals surface area contributed by atoms with Gasteiger partial charge in [-0.3, -0.25) is 4.99 Å². The minimum atomic E-state index is 0.518. The SMILES string of the molecule is C=NC(=NC(=NCc1ccccc1)c1cccc(-c2ccc3c(c2)[nH]c2ccccc23)c1)c1ccccc1. The average molecular weight is 491 g/mol. The summed E-state index contributed by atoms with van der Waals surface area (Å²) in [5, 5.41) is 2.46. The van der Waals surface area contributed by atoms with Crippen LogP contribution in [0.5, 0.6) is 0 Å². The predicted molar refractivity (Wildman–Crippen MR) is 160 cm³/mol. The fraction of sp³-hybridized carbons (Fsp3) is 0.0294. The van der Waals surface area contributed by atoms with Crippen LogP contribution in [0.15, 0.2) is 142 Å². The molecule has 4 heteroatoms. The summed E-state index contributed by atoms with van der Waals surface area (Å²) in [7, 11) is 0. The molecule has 0 aliphatic rings. The number of aliphatic imine (C=N–C) groups is 3. The van der Waals surface area contributed by atoms with Crippen LogP contribution in [0.1, 0.15) is 16.7 Å². The Morgan fingerprint density at radius 1 is 0.579 bits per heavy atom. The Morgan fingerprint density at radius 3 is 2.08 bits per heavy atom. The molecular formula is C34H26N4. The molecule has 5 aromatic carbocycles. The van der Waals surface area contributed by atoms with E-state index in [0.717, 1.165) is 38.9 Å². The number of para-hydroxylation sites is 1. The predicted octanol–water partition coefficient (Wildman–Crippen LogP) is 8.08. The van der Waals surface area contributed by atoms with Gasteiger partial charge in [-0.1, -0.05) is 109 Å². The zero-order valence-electron chi connectivity index (χ0n) is 20.9. The van der Waals surface area contributed by atoms with Gasteiger partial charge in [0, 0.05) is 32.9 Å². The van der Waals surface area contributed by atoms with Crippen molar-refractivity contribution in [3.63, 3.8) is 0 Å². The van der Waals surface area contributed by atoms with Gasteiger partial charge >= 0.3 is 0 Å². The normalized spacial score (nSPS) is 12.2. The Bertz CT molecular complexity index is 1790. The highest BCUT2D eigenvalue weighted by molar-refractivity contribution is 6.13. The molecule has 0 aliphatic heterocycles. The molecule has 6 aromatic rings. The summed E-state index contributed by atoms with van der Waals surface area (Å²) in [5.74, 6) is 1.16. The molecular weight excluding hydrogens is 464 g/mol. The lowest BCUT2D eigenvalue weighted by Gasteiger charge is -2.08. The lowest BCUT2D eigenvalue weighted by Crippen LogP contribution is -2.05. The number of nitrogens with zero attached hydrogens (tertiary/aromatic N) is 3. The van der Waals surface area contributed by atoms with E-state index < -0.39 is 0 Å². The van der Waals surface area contributed by atoms with Crippen molar-refractivity contribution in [3.8, 4) is 11.1 Å². The first-order valence-corrected chi connectivity index (χ1v) is 12.6. The van der Waals surface area contributed by atoms with Gasteiger partial charge in [0.2, 0.25) is 0 Å². The van der Waals surface area contributed by atoms with Gasteiger partial charge < -0.3 is 4.98 Å². The number of hydrogen-bond acceptors (Lipinski definition) is 1. The van der Waals surface area contributed by atoms with Gasteiger partial charge in [0.05, 0.1) is 6.54 Å². The van der Waals surface area contributed by atoms with E-state index in [1.54, 1.807) is 0 Å². The van der Waals surface area contributed by atoms with Crippen molar-refractivity contribution in [2.24, 2.45) is 15.0 Å². The van der Waals surface area contributed by atoms with Crippen molar-refractivity contribution in [1.82, 2.24) is 4.98 Å². The molecule has 182 valence electrons. The number of aromatic nitrogens is 1. The van der Waals surface area contributed by atoms with E-state index in [4.69, 9.17) is 9.98 Å². The van der Waals surface area contributed by atoms with E-state index in [2.05, 4.69) is 89.5 Å². The van der Waals surface area contributed by atoms with Crippen molar-refractivity contribution in [1.29, 1.82) is 0 Å². The molecule has 6 rings (SSSR count). The zero-order chi connectivity index (χ0) is 25.7. The van der Waals surface area contributed by atoms with Crippen molar-refractivity contribution < 1.29 is 0 Å². The number of amidine groups is 2. The number of benzene rings is 5. The molecule has 1 aromatic heterocycles. The molecule has 4 nitrogen and oxygen atoms in total. The quantitative estimate of drug-likeness (QED) is 0.188. The van der Waals surface area contributed by atoms with Gasteiger partial charge in [-0.05, 0) is 41.6 Å². The molecule has 0 aliphatic carbocycles. The van der Waals surface area contributed by atoms with E-state index >= 15 is 0 Å². The number of aromatic amines is 1. The highest BCUT2D eigenvalue weighted by Gasteiger charge is 2.10. The molecule has 0 saturated heterocycles. The number of rotatable bonds is 5. The number of fused-ring (bicyclic) bond motifs is 3. The minimum absolute atomic E-state index is 0.518. The first-order valence-electron chi connectivity index (χ1n) is 12.6. The van der Waals surface area contributed by atoms with Gasteiger partial charge in [0.15, 0.2) is 11.7 Å². The first-order chi connectivity index (χ1) is 18.8. The summed E-state index contributed by atoms with van der Waals surface area (Å²) in [6.45, 7) is 4.29. The van der Waals surface area contributed by atoms with E-state index in [0.29, 0.717) is 18.2 Å². The second-order valence-electron chi connectivity index (χ2n) is 9.10. The zero-order valence-corrected chi connectivity index (χ0v) is 20.9. The first kappa shape index (κ1) is 23.3. The van der Waals surface area contributed by atoms with Gasteiger partial charge in [0.1, 0.15) is 0 Å². The summed E-state index contributed by atoms with van der Waals surface area (Å²) in [4.78, 5) is 17.6. The van der Waals surface area contributed by atoms with Gasteiger partial charge in [0.25, 0.3) is 0 Å². The van der Waals surface area contributed by atoms with Crippen LogP contribution in [0.2, 0.25) is 0 Å². The molecule has 1 heterocycles. The molecule has 0 atom stereocenters. The lowest BCUT2D eigenvalue weighted by atomic mass is 10.0. The molecule has 0 amide bonds. The van der Waals surface area contributed by atoms with Gasteiger partial charge in [-0.2, -0.15) is 0 Å². The minimum Gasteiger partial charge on any atom is -0.354 e. The molecule has 38 heavy (non-hydrogen) atoms. The van der Waals surface area contributed by atoms with Crippen LogP contribution >= 0.6 is 0 Å². The van der Waals surface area contributed by atoms with Crippen LogP contribution in [0, 0.1) is 0 Å². The second kappa shape index (κ2) is 10.5. The maximum absolute atomic E-state index is 4.93. The maximum atomic E-state index is 4.93. The Labute approximate surface area is 221 Å². The molecule has 1 N–H and O–H groups in total. The van der Waals surface area contributed by atoms with E-state index in [1.807, 2.05) is 54.6 Å². The van der Waals surface area contributed by atoms with Crippen molar-refractivity contribution in [3.05, 3.63) is 144 Å². The molecule has 0 saturated carbocycles. The standard InChI is InChI=1S/C34H26N4/c1-35-33(25-13-6-3-7-14-25)38-34(36-23-24-11-4-2-5-12-24)28-16-10-15-26(21-28)27-19-20-30-29-17-8-9-18-31(29)37-32(30)22-27/h2-22,37H,1,23H2. The van der Waals surface area contributed by atoms with Crippen LogP contribution in [0.4, 0.5) is 0 Å². The number of H-pyrrole nitrogens is 1. The molecule has 0 unspecified atom stereocenters. The Hall–Kier alpha value is -5.09. The summed E-state index contributed by atoms with van der Waals surface area (Å²) in [6.07, 6.45) is 0. The lowest BCUT2D eigenvalue weighted by molar-refractivity contribution is 1.06. The van der Waals surface area contributed by atoms with E-state index in [-0.39, 0.29) is 0 Å². The maximum Gasteiger partial charge on any atom is 0.161 e.